The predicted molar refractivity (Wildman–Crippen MR) is 129 cm³/mol. The first-order chi connectivity index (χ1) is 16.7. The Hall–Kier alpha value is -3.63. The maximum atomic E-state index is 12.9. The van der Waals surface area contributed by atoms with Gasteiger partial charge in [-0.2, -0.15) is 0 Å². The molecule has 1 amide bonds. The number of aliphatic hydroxyl groups excluding tert-OH is 1. The number of hydrogen-bond acceptors (Lipinski definition) is 7. The Morgan fingerprint density at radius 2 is 1.80 bits per heavy atom. The summed E-state index contributed by atoms with van der Waals surface area (Å²) in [6, 6.07) is 14.3. The molecule has 3 aromatic rings. The second-order valence-corrected chi connectivity index (χ2v) is 8.30. The van der Waals surface area contributed by atoms with E-state index in [9.17, 15) is 18.7 Å². The zero-order valence-electron chi connectivity index (χ0n) is 18.7. The molecule has 1 aliphatic heterocycles. The van der Waals surface area contributed by atoms with Crippen molar-refractivity contribution in [2.75, 3.05) is 35.7 Å². The van der Waals surface area contributed by atoms with Crippen LogP contribution in [-0.2, 0) is 0 Å². The van der Waals surface area contributed by atoms with Crippen LogP contribution in [0.25, 0.3) is 0 Å². The molecule has 1 aliphatic rings. The molecule has 8 nitrogen and oxygen atoms in total. The monoisotopic (exact) mass is 504 g/mol. The molecule has 0 bridgehead atoms. The van der Waals surface area contributed by atoms with Crippen molar-refractivity contribution < 1.29 is 28.2 Å². The number of anilines is 4. The molecular formula is C24H23ClF2N4O4. The zero-order chi connectivity index (χ0) is 25.0. The van der Waals surface area contributed by atoms with E-state index < -0.39 is 17.6 Å². The van der Waals surface area contributed by atoms with Crippen molar-refractivity contribution >= 4 is 40.4 Å². The Labute approximate surface area is 205 Å². The van der Waals surface area contributed by atoms with Crippen molar-refractivity contribution in [1.29, 1.82) is 0 Å². The Bertz CT molecular complexity index is 1170. The molecule has 0 spiro atoms. The van der Waals surface area contributed by atoms with Crippen LogP contribution in [0.1, 0.15) is 16.8 Å². The third-order valence-electron chi connectivity index (χ3n) is 5.31. The van der Waals surface area contributed by atoms with E-state index in [0.717, 1.165) is 5.69 Å². The SMILES string of the molecule is COc1ccc(Nc2cc(C(=O)Nc3ccc(OC(F)(F)Cl)cc3)cnc2N2CC[C@@H](O)C2)cc1. The fraction of sp³-hybridized carbons (Fsp3) is 0.250. The summed E-state index contributed by atoms with van der Waals surface area (Å²) < 4.78 is 35.0. The summed E-state index contributed by atoms with van der Waals surface area (Å²) in [5.41, 5.74) is -1.83. The van der Waals surface area contributed by atoms with Crippen LogP contribution in [0.2, 0.25) is 0 Å². The minimum absolute atomic E-state index is 0.146. The molecule has 1 fully saturated rings. The number of amides is 1. The summed E-state index contributed by atoms with van der Waals surface area (Å²) in [6.45, 7) is 1.07. The van der Waals surface area contributed by atoms with E-state index in [2.05, 4.69) is 20.4 Å². The Balaban J connectivity index is 1.55. The lowest BCUT2D eigenvalue weighted by Gasteiger charge is -2.21. The Kier molecular flexibility index (Phi) is 7.23. The molecule has 2 heterocycles. The number of ether oxygens (including phenoxy) is 2. The molecule has 35 heavy (non-hydrogen) atoms. The summed E-state index contributed by atoms with van der Waals surface area (Å²) in [4.78, 5) is 19.3. The smallest absolute Gasteiger partial charge is 0.487 e. The first-order valence-electron chi connectivity index (χ1n) is 10.7. The zero-order valence-corrected chi connectivity index (χ0v) is 19.4. The second-order valence-electron chi connectivity index (χ2n) is 7.86. The number of methoxy groups -OCH3 is 1. The number of aliphatic hydroxyl groups is 1. The fourth-order valence-corrected chi connectivity index (χ4v) is 3.72. The number of nitrogens with zero attached hydrogens (tertiary/aromatic N) is 2. The molecule has 1 saturated heterocycles. The Morgan fingerprint density at radius 1 is 1.14 bits per heavy atom. The molecule has 0 saturated carbocycles. The lowest BCUT2D eigenvalue weighted by Crippen LogP contribution is -2.24. The molecule has 3 N–H and O–H groups in total. The third kappa shape index (κ3) is 6.49. The van der Waals surface area contributed by atoms with Gasteiger partial charge >= 0.3 is 5.57 Å². The number of carbonyl (C=O) groups is 1. The third-order valence-corrected chi connectivity index (χ3v) is 5.38. The molecule has 11 heteroatoms. The van der Waals surface area contributed by atoms with E-state index in [1.54, 1.807) is 25.3 Å². The van der Waals surface area contributed by atoms with E-state index in [-0.39, 0.29) is 11.3 Å². The van der Waals surface area contributed by atoms with Gasteiger partial charge in [-0.15, -0.1) is 8.78 Å². The fourth-order valence-electron chi connectivity index (χ4n) is 3.63. The van der Waals surface area contributed by atoms with Crippen molar-refractivity contribution in [2.24, 2.45) is 0 Å². The molecule has 2 aromatic carbocycles. The highest BCUT2D eigenvalue weighted by molar-refractivity contribution is 6.20. The lowest BCUT2D eigenvalue weighted by molar-refractivity contribution is -0.0964. The van der Waals surface area contributed by atoms with Gasteiger partial charge in [0, 0.05) is 42.3 Å². The number of carbonyl (C=O) groups excluding carboxylic acids is 1. The van der Waals surface area contributed by atoms with Gasteiger partial charge < -0.3 is 30.1 Å². The summed E-state index contributed by atoms with van der Waals surface area (Å²) in [7, 11) is 1.58. The van der Waals surface area contributed by atoms with E-state index in [1.807, 2.05) is 17.0 Å². The molecule has 0 unspecified atom stereocenters. The van der Waals surface area contributed by atoms with E-state index in [0.29, 0.717) is 42.5 Å². The quantitative estimate of drug-likeness (QED) is 0.378. The summed E-state index contributed by atoms with van der Waals surface area (Å²) >= 11 is 4.77. The van der Waals surface area contributed by atoms with Crippen LogP contribution in [0.3, 0.4) is 0 Å². The molecule has 0 aliphatic carbocycles. The number of halogens is 3. The van der Waals surface area contributed by atoms with Crippen LogP contribution in [0.4, 0.5) is 31.7 Å². The van der Waals surface area contributed by atoms with Crippen molar-refractivity contribution in [3.8, 4) is 11.5 Å². The molecule has 1 aromatic heterocycles. The number of aromatic nitrogens is 1. The largest absolute Gasteiger partial charge is 0.497 e. The van der Waals surface area contributed by atoms with E-state index in [4.69, 9.17) is 16.3 Å². The number of hydrogen-bond donors (Lipinski definition) is 3. The van der Waals surface area contributed by atoms with Gasteiger partial charge in [0.05, 0.1) is 24.5 Å². The van der Waals surface area contributed by atoms with Gasteiger partial charge in [0.1, 0.15) is 11.5 Å². The van der Waals surface area contributed by atoms with Crippen LogP contribution >= 0.6 is 11.6 Å². The lowest BCUT2D eigenvalue weighted by atomic mass is 10.2. The van der Waals surface area contributed by atoms with Crippen molar-refractivity contribution in [2.45, 2.75) is 18.1 Å². The van der Waals surface area contributed by atoms with Crippen LogP contribution in [0.15, 0.2) is 60.8 Å². The first-order valence-corrected chi connectivity index (χ1v) is 11.1. The van der Waals surface area contributed by atoms with Crippen LogP contribution < -0.4 is 25.0 Å². The summed E-state index contributed by atoms with van der Waals surface area (Å²) in [5.74, 6) is 0.723. The van der Waals surface area contributed by atoms with Gasteiger partial charge in [-0.3, -0.25) is 4.79 Å². The molecule has 1 atom stereocenters. The summed E-state index contributed by atoms with van der Waals surface area (Å²) in [6.07, 6.45) is 1.63. The predicted octanol–water partition coefficient (Wildman–Crippen LogP) is 4.83. The highest BCUT2D eigenvalue weighted by Crippen LogP contribution is 2.31. The maximum Gasteiger partial charge on any atom is 0.487 e. The minimum Gasteiger partial charge on any atom is -0.497 e. The van der Waals surface area contributed by atoms with Crippen LogP contribution in [-0.4, -0.2) is 47.9 Å². The van der Waals surface area contributed by atoms with Gasteiger partial charge in [-0.1, -0.05) is 0 Å². The average molecular weight is 505 g/mol. The van der Waals surface area contributed by atoms with E-state index in [1.165, 1.54) is 30.5 Å². The molecule has 184 valence electrons. The van der Waals surface area contributed by atoms with Crippen LogP contribution in [0.5, 0.6) is 11.5 Å². The van der Waals surface area contributed by atoms with Gasteiger partial charge in [0.2, 0.25) is 0 Å². The highest BCUT2D eigenvalue weighted by atomic mass is 35.5. The van der Waals surface area contributed by atoms with Crippen molar-refractivity contribution in [3.63, 3.8) is 0 Å². The normalized spacial score (nSPS) is 15.6. The standard InChI is InChI=1S/C24H23ClF2N4O4/c1-34-19-6-2-16(3-7-19)29-21-12-15(13-28-22(21)31-11-10-18(32)14-31)23(33)30-17-4-8-20(9-5-17)35-24(25,26)27/h2-9,12-13,18,29,32H,10-11,14H2,1H3,(H,30,33)/t18-/m1/s1. The van der Waals surface area contributed by atoms with E-state index >= 15 is 0 Å². The minimum atomic E-state index is -3.82. The second kappa shape index (κ2) is 10.3. The molecular weight excluding hydrogens is 482 g/mol. The molecule has 4 rings (SSSR count). The van der Waals surface area contributed by atoms with Gasteiger partial charge in [-0.25, -0.2) is 4.98 Å². The number of β-amino-alcohol motifs (C(OH)–C–C–N with tert-alkyl or cyclic N) is 1. The highest BCUT2D eigenvalue weighted by Gasteiger charge is 2.27. The van der Waals surface area contributed by atoms with Crippen LogP contribution in [0, 0.1) is 0 Å². The van der Waals surface area contributed by atoms with Gasteiger partial charge in [0.25, 0.3) is 5.91 Å². The van der Waals surface area contributed by atoms with Crippen molar-refractivity contribution in [3.05, 3.63) is 66.4 Å². The molecule has 0 radical (unpaired) electrons. The number of benzene rings is 2. The summed E-state index contributed by atoms with van der Waals surface area (Å²) in [5, 5.41) is 15.9. The number of nitrogens with one attached hydrogen (secondary N) is 2. The first kappa shape index (κ1) is 24.5. The topological polar surface area (TPSA) is 96.0 Å². The van der Waals surface area contributed by atoms with Crippen molar-refractivity contribution in [1.82, 2.24) is 4.98 Å². The average Bonchev–Trinajstić information content (AvgIpc) is 3.26. The number of rotatable bonds is 8. The number of alkyl halides is 3. The van der Waals surface area contributed by atoms with Gasteiger partial charge in [-0.05, 0) is 61.0 Å². The Morgan fingerprint density at radius 3 is 2.40 bits per heavy atom. The number of pyridine rings is 1. The van der Waals surface area contributed by atoms with Gasteiger partial charge in [0.15, 0.2) is 5.82 Å². The maximum absolute atomic E-state index is 12.9.